The number of aryl methyl sites for hydroxylation is 1. The molecule has 8 nitrogen and oxygen atoms in total. The maximum absolute atomic E-state index is 13.4. The predicted octanol–water partition coefficient (Wildman–Crippen LogP) is 2.94. The number of aromatic nitrogens is 2. The first-order valence-corrected chi connectivity index (χ1v) is 11.4. The second kappa shape index (κ2) is 7.97. The molecule has 0 unspecified atom stereocenters. The van der Waals surface area contributed by atoms with Gasteiger partial charge in [0.1, 0.15) is 12.4 Å². The summed E-state index contributed by atoms with van der Waals surface area (Å²) < 4.78 is 6.82. The minimum absolute atomic E-state index is 0.120. The standard InChI is InChI=1S/C25H27N3O5/c1-4-9-26-33-14-7-8-20-16(10-14)15(5-2)17-12-28-21(22(17)27-20)11-19-18(23(28)29)13-32-24(30)25(19,31)6-3/h7-8,10-11,26,31H,4-6,9,12-13H2,1-3H3/t25-/m0/s1. The molecule has 0 fully saturated rings. The summed E-state index contributed by atoms with van der Waals surface area (Å²) in [4.78, 5) is 36.3. The summed E-state index contributed by atoms with van der Waals surface area (Å²) in [5.41, 5.74) is 5.76. The van der Waals surface area contributed by atoms with Crippen LogP contribution in [0.1, 0.15) is 55.9 Å². The van der Waals surface area contributed by atoms with E-state index in [4.69, 9.17) is 14.6 Å². The molecule has 2 aliphatic heterocycles. The molecule has 0 radical (unpaired) electrons. The Morgan fingerprint density at radius 3 is 2.76 bits per heavy atom. The minimum Gasteiger partial charge on any atom is -0.458 e. The van der Waals surface area contributed by atoms with Crippen LogP contribution in [0.15, 0.2) is 29.1 Å². The molecule has 1 atom stereocenters. The number of hydroxylamine groups is 1. The maximum atomic E-state index is 13.4. The Bertz CT molecular complexity index is 1350. The summed E-state index contributed by atoms with van der Waals surface area (Å²) in [7, 11) is 0. The first-order chi connectivity index (χ1) is 15.9. The number of aliphatic hydroxyl groups is 1. The number of carbonyl (C=O) groups is 1. The fourth-order valence-corrected chi connectivity index (χ4v) is 4.84. The first kappa shape index (κ1) is 21.6. The fraction of sp³-hybridized carbons (Fsp3) is 0.400. The Morgan fingerprint density at radius 2 is 2.03 bits per heavy atom. The van der Waals surface area contributed by atoms with Crippen LogP contribution >= 0.6 is 0 Å². The van der Waals surface area contributed by atoms with Crippen molar-refractivity contribution in [3.05, 3.63) is 56.9 Å². The van der Waals surface area contributed by atoms with Gasteiger partial charge in [-0.25, -0.2) is 9.78 Å². The van der Waals surface area contributed by atoms with E-state index in [-0.39, 0.29) is 18.6 Å². The molecular formula is C25H27N3O5. The van der Waals surface area contributed by atoms with E-state index in [1.54, 1.807) is 17.6 Å². The zero-order valence-corrected chi connectivity index (χ0v) is 19.0. The number of fused-ring (bicyclic) bond motifs is 5. The van der Waals surface area contributed by atoms with E-state index in [1.165, 1.54) is 0 Å². The van der Waals surface area contributed by atoms with E-state index >= 15 is 0 Å². The van der Waals surface area contributed by atoms with Crippen molar-refractivity contribution in [1.29, 1.82) is 0 Å². The number of benzene rings is 1. The highest BCUT2D eigenvalue weighted by Gasteiger charge is 2.45. The third-order valence-corrected chi connectivity index (χ3v) is 6.67. The van der Waals surface area contributed by atoms with Crippen LogP contribution in [0, 0.1) is 0 Å². The number of nitrogens with one attached hydrogen (secondary N) is 1. The van der Waals surface area contributed by atoms with Crippen LogP contribution in [0.2, 0.25) is 0 Å². The highest BCUT2D eigenvalue weighted by molar-refractivity contribution is 5.90. The summed E-state index contributed by atoms with van der Waals surface area (Å²) in [6, 6.07) is 7.50. The van der Waals surface area contributed by atoms with E-state index < -0.39 is 11.6 Å². The molecule has 0 amide bonds. The Kier molecular flexibility index (Phi) is 5.22. The lowest BCUT2D eigenvalue weighted by atomic mass is 9.86. The first-order valence-electron chi connectivity index (χ1n) is 11.4. The van der Waals surface area contributed by atoms with E-state index in [1.807, 2.05) is 18.2 Å². The van der Waals surface area contributed by atoms with Crippen LogP contribution in [0.3, 0.4) is 0 Å². The van der Waals surface area contributed by atoms with Gasteiger partial charge in [-0.3, -0.25) is 4.79 Å². The normalized spacial score (nSPS) is 18.6. The van der Waals surface area contributed by atoms with Crippen molar-refractivity contribution in [1.82, 2.24) is 15.0 Å². The summed E-state index contributed by atoms with van der Waals surface area (Å²) in [5, 5.41) is 12.0. The average Bonchev–Trinajstić information content (AvgIpc) is 3.19. The van der Waals surface area contributed by atoms with Crippen molar-refractivity contribution in [3.63, 3.8) is 0 Å². The highest BCUT2D eigenvalue weighted by Crippen LogP contribution is 2.40. The molecule has 2 N–H and O–H groups in total. The molecule has 0 bridgehead atoms. The van der Waals surface area contributed by atoms with Gasteiger partial charge in [0.15, 0.2) is 5.60 Å². The number of pyridine rings is 2. The van der Waals surface area contributed by atoms with E-state index in [0.29, 0.717) is 29.1 Å². The van der Waals surface area contributed by atoms with Crippen LogP contribution in [0.5, 0.6) is 5.75 Å². The van der Waals surface area contributed by atoms with Gasteiger partial charge >= 0.3 is 5.97 Å². The highest BCUT2D eigenvalue weighted by atomic mass is 16.6. The second-order valence-corrected chi connectivity index (χ2v) is 8.55. The number of cyclic esters (lactones) is 1. The van der Waals surface area contributed by atoms with Gasteiger partial charge in [0.05, 0.1) is 29.0 Å². The maximum Gasteiger partial charge on any atom is 0.343 e. The zero-order chi connectivity index (χ0) is 23.3. The molecule has 4 heterocycles. The number of esters is 1. The van der Waals surface area contributed by atoms with Crippen LogP contribution in [-0.4, -0.2) is 27.2 Å². The summed E-state index contributed by atoms with van der Waals surface area (Å²) in [6.07, 6.45) is 1.84. The lowest BCUT2D eigenvalue weighted by molar-refractivity contribution is -0.172. The molecule has 0 aliphatic carbocycles. The molecule has 5 rings (SSSR count). The number of rotatable bonds is 6. The molecule has 0 spiro atoms. The predicted molar refractivity (Wildman–Crippen MR) is 123 cm³/mol. The number of ether oxygens (including phenoxy) is 1. The zero-order valence-electron chi connectivity index (χ0n) is 19.0. The second-order valence-electron chi connectivity index (χ2n) is 8.55. The average molecular weight is 450 g/mol. The SMILES string of the molecule is CCCNOc1ccc2nc3c(c(CC)c2c1)Cn1c-3cc2c(c1=O)COC(=O)[C@]2(O)CC. The van der Waals surface area contributed by atoms with E-state index in [2.05, 4.69) is 19.3 Å². The van der Waals surface area contributed by atoms with Crippen LogP contribution in [0.25, 0.3) is 22.3 Å². The molecular weight excluding hydrogens is 422 g/mol. The number of carbonyl (C=O) groups excluding carboxylic acids is 1. The van der Waals surface area contributed by atoms with Crippen molar-refractivity contribution in [3.8, 4) is 17.1 Å². The van der Waals surface area contributed by atoms with Gasteiger partial charge in [-0.15, -0.1) is 0 Å². The molecule has 8 heteroatoms. The Morgan fingerprint density at radius 1 is 1.21 bits per heavy atom. The minimum atomic E-state index is -1.83. The van der Waals surface area contributed by atoms with E-state index in [0.717, 1.165) is 47.1 Å². The fourth-order valence-electron chi connectivity index (χ4n) is 4.84. The molecule has 2 aromatic heterocycles. The summed E-state index contributed by atoms with van der Waals surface area (Å²) in [6.45, 7) is 6.86. The summed E-state index contributed by atoms with van der Waals surface area (Å²) in [5.74, 6) is -0.00999. The van der Waals surface area contributed by atoms with Crippen molar-refractivity contribution in [2.75, 3.05) is 6.54 Å². The molecule has 1 aromatic carbocycles. The number of hydrogen-bond donors (Lipinski definition) is 2. The van der Waals surface area contributed by atoms with Crippen molar-refractivity contribution in [2.24, 2.45) is 0 Å². The van der Waals surface area contributed by atoms with Gasteiger partial charge in [0.2, 0.25) is 0 Å². The van der Waals surface area contributed by atoms with Gasteiger partial charge in [0.25, 0.3) is 5.56 Å². The monoisotopic (exact) mass is 449 g/mol. The van der Waals surface area contributed by atoms with Gasteiger partial charge in [-0.2, -0.15) is 5.48 Å². The Hall–Kier alpha value is -3.23. The molecule has 0 saturated heterocycles. The lowest BCUT2D eigenvalue weighted by Gasteiger charge is -2.31. The van der Waals surface area contributed by atoms with Crippen molar-refractivity contribution in [2.45, 2.75) is 58.8 Å². The molecule has 3 aromatic rings. The topological polar surface area (TPSA) is 103 Å². The van der Waals surface area contributed by atoms with Gasteiger partial charge in [-0.1, -0.05) is 20.8 Å². The lowest BCUT2D eigenvalue weighted by Crippen LogP contribution is -2.44. The summed E-state index contributed by atoms with van der Waals surface area (Å²) >= 11 is 0. The van der Waals surface area contributed by atoms with Crippen molar-refractivity contribution >= 4 is 16.9 Å². The smallest absolute Gasteiger partial charge is 0.343 e. The van der Waals surface area contributed by atoms with Crippen LogP contribution in [0.4, 0.5) is 0 Å². The Balaban J connectivity index is 1.69. The van der Waals surface area contributed by atoms with Gasteiger partial charge in [-0.05, 0) is 49.1 Å². The number of hydrogen-bond acceptors (Lipinski definition) is 7. The van der Waals surface area contributed by atoms with Crippen molar-refractivity contribution < 1.29 is 19.5 Å². The largest absolute Gasteiger partial charge is 0.458 e. The van der Waals surface area contributed by atoms with Crippen LogP contribution in [-0.2, 0) is 34.7 Å². The molecule has 172 valence electrons. The van der Waals surface area contributed by atoms with Gasteiger partial charge in [0, 0.05) is 23.1 Å². The third-order valence-electron chi connectivity index (χ3n) is 6.67. The van der Waals surface area contributed by atoms with E-state index in [9.17, 15) is 14.7 Å². The molecule has 33 heavy (non-hydrogen) atoms. The molecule has 2 aliphatic rings. The van der Waals surface area contributed by atoms with Gasteiger partial charge < -0.3 is 19.2 Å². The quantitative estimate of drug-likeness (QED) is 0.265. The number of nitrogens with zero attached hydrogens (tertiary/aromatic N) is 2. The Labute approximate surface area is 191 Å². The van der Waals surface area contributed by atoms with Crippen LogP contribution < -0.4 is 15.9 Å². The molecule has 0 saturated carbocycles. The third kappa shape index (κ3) is 3.16.